The highest BCUT2D eigenvalue weighted by Gasteiger charge is 2.15. The number of carbonyl (C=O) groups excluding carboxylic acids is 1. The lowest BCUT2D eigenvalue weighted by Crippen LogP contribution is -2.19. The average Bonchev–Trinajstić information content (AvgIpc) is 3.46. The Morgan fingerprint density at radius 1 is 1.03 bits per heavy atom. The highest BCUT2D eigenvalue weighted by molar-refractivity contribution is 5.94. The van der Waals surface area contributed by atoms with Gasteiger partial charge in [0.1, 0.15) is 23.2 Å². The topological polar surface area (TPSA) is 96.2 Å². The van der Waals surface area contributed by atoms with Gasteiger partial charge in [-0.15, -0.1) is 0 Å². The first-order valence-corrected chi connectivity index (χ1v) is 10.7. The van der Waals surface area contributed by atoms with Crippen molar-refractivity contribution in [3.63, 3.8) is 0 Å². The van der Waals surface area contributed by atoms with Crippen LogP contribution in [0.4, 0.5) is 23.0 Å². The summed E-state index contributed by atoms with van der Waals surface area (Å²) in [6.45, 7) is 3.98. The second kappa shape index (κ2) is 8.66. The van der Waals surface area contributed by atoms with Crippen LogP contribution >= 0.6 is 0 Å². The molecule has 0 spiro atoms. The Morgan fingerprint density at radius 2 is 1.78 bits per heavy atom. The normalized spacial score (nSPS) is 13.5. The van der Waals surface area contributed by atoms with E-state index < -0.39 is 0 Å². The lowest BCUT2D eigenvalue weighted by Gasteiger charge is -2.18. The van der Waals surface area contributed by atoms with Crippen molar-refractivity contribution in [2.75, 3.05) is 28.6 Å². The fourth-order valence-electron chi connectivity index (χ4n) is 3.93. The van der Waals surface area contributed by atoms with Crippen LogP contribution < -0.4 is 15.5 Å². The van der Waals surface area contributed by atoms with Crippen LogP contribution in [0.5, 0.6) is 0 Å². The zero-order valence-electron chi connectivity index (χ0n) is 17.8. The van der Waals surface area contributed by atoms with Crippen LogP contribution in [-0.2, 0) is 11.2 Å². The van der Waals surface area contributed by atoms with E-state index >= 15 is 0 Å². The molecular weight excluding hydrogens is 404 g/mol. The first kappa shape index (κ1) is 20.0. The van der Waals surface area contributed by atoms with Crippen LogP contribution in [0.3, 0.4) is 0 Å². The molecule has 0 saturated carbocycles. The zero-order chi connectivity index (χ0) is 21.9. The third-order valence-corrected chi connectivity index (χ3v) is 5.48. The monoisotopic (exact) mass is 428 g/mol. The van der Waals surface area contributed by atoms with Gasteiger partial charge in [0.05, 0.1) is 6.42 Å². The summed E-state index contributed by atoms with van der Waals surface area (Å²) in [7, 11) is 0. The molecule has 1 aliphatic rings. The molecule has 1 amide bonds. The Kier molecular flexibility index (Phi) is 5.41. The number of hydrogen-bond acceptors (Lipinski definition) is 7. The van der Waals surface area contributed by atoms with E-state index in [1.54, 1.807) is 0 Å². The molecule has 0 radical (unpaired) electrons. The third kappa shape index (κ3) is 4.39. The lowest BCUT2D eigenvalue weighted by molar-refractivity contribution is -0.115. The van der Waals surface area contributed by atoms with Crippen LogP contribution in [0.1, 0.15) is 24.4 Å². The SMILES string of the molecule is Cc1nc(Nc2ccc(NC(=O)Cc3noc4ccccc34)cc2)cc(N2CCCC2)n1. The predicted molar refractivity (Wildman–Crippen MR) is 124 cm³/mol. The van der Waals surface area contributed by atoms with E-state index in [0.717, 1.165) is 41.6 Å². The largest absolute Gasteiger partial charge is 0.356 e. The smallest absolute Gasteiger partial charge is 0.230 e. The number of fused-ring (bicyclic) bond motifs is 1. The fraction of sp³-hybridized carbons (Fsp3) is 0.250. The molecule has 3 heterocycles. The van der Waals surface area contributed by atoms with E-state index in [1.165, 1.54) is 12.8 Å². The third-order valence-electron chi connectivity index (χ3n) is 5.48. The van der Waals surface area contributed by atoms with Gasteiger partial charge >= 0.3 is 0 Å². The Bertz CT molecular complexity index is 1250. The van der Waals surface area contributed by atoms with Crippen molar-refractivity contribution in [1.82, 2.24) is 15.1 Å². The van der Waals surface area contributed by atoms with E-state index in [4.69, 9.17) is 4.52 Å². The molecule has 2 aromatic carbocycles. The highest BCUT2D eigenvalue weighted by atomic mass is 16.5. The molecule has 2 aromatic heterocycles. The number of nitrogens with one attached hydrogen (secondary N) is 2. The maximum atomic E-state index is 12.5. The molecule has 8 nitrogen and oxygen atoms in total. The first-order chi connectivity index (χ1) is 15.6. The van der Waals surface area contributed by atoms with Gasteiger partial charge in [-0.05, 0) is 56.2 Å². The van der Waals surface area contributed by atoms with Crippen molar-refractivity contribution in [3.05, 3.63) is 66.1 Å². The summed E-state index contributed by atoms with van der Waals surface area (Å²) in [5.74, 6) is 2.31. The van der Waals surface area contributed by atoms with Crippen LogP contribution in [0, 0.1) is 6.92 Å². The lowest BCUT2D eigenvalue weighted by atomic mass is 10.1. The van der Waals surface area contributed by atoms with E-state index in [-0.39, 0.29) is 12.3 Å². The highest BCUT2D eigenvalue weighted by Crippen LogP contribution is 2.24. The summed E-state index contributed by atoms with van der Waals surface area (Å²) in [4.78, 5) is 23.8. The zero-order valence-corrected chi connectivity index (χ0v) is 17.8. The van der Waals surface area contributed by atoms with Gasteiger partial charge in [-0.3, -0.25) is 4.79 Å². The molecule has 1 aliphatic heterocycles. The van der Waals surface area contributed by atoms with Crippen LogP contribution in [-0.4, -0.2) is 34.1 Å². The Hall–Kier alpha value is -3.94. The second-order valence-electron chi connectivity index (χ2n) is 7.91. The quantitative estimate of drug-likeness (QED) is 0.468. The molecule has 8 heteroatoms. The first-order valence-electron chi connectivity index (χ1n) is 10.7. The summed E-state index contributed by atoms with van der Waals surface area (Å²) in [5, 5.41) is 11.1. The van der Waals surface area contributed by atoms with Gasteiger partial charge in [-0.2, -0.15) is 0 Å². The minimum absolute atomic E-state index is 0.147. The van der Waals surface area contributed by atoms with Crippen molar-refractivity contribution in [2.45, 2.75) is 26.2 Å². The number of rotatable bonds is 6. The number of anilines is 4. The van der Waals surface area contributed by atoms with Gasteiger partial charge in [0.25, 0.3) is 0 Å². The summed E-state index contributed by atoms with van der Waals surface area (Å²) < 4.78 is 5.27. The van der Waals surface area contributed by atoms with Gasteiger partial charge in [0.15, 0.2) is 5.58 Å². The number of aryl methyl sites for hydroxylation is 1. The number of nitrogens with zero attached hydrogens (tertiary/aromatic N) is 4. The van der Waals surface area contributed by atoms with Gasteiger partial charge in [0.2, 0.25) is 5.91 Å². The Labute approximate surface area is 185 Å². The van der Waals surface area contributed by atoms with Crippen molar-refractivity contribution in [2.24, 2.45) is 0 Å². The molecule has 32 heavy (non-hydrogen) atoms. The Balaban J connectivity index is 1.23. The summed E-state index contributed by atoms with van der Waals surface area (Å²) in [5.41, 5.74) is 2.91. The van der Waals surface area contributed by atoms with E-state index in [0.29, 0.717) is 17.0 Å². The molecule has 0 atom stereocenters. The van der Waals surface area contributed by atoms with Gasteiger partial charge in [-0.1, -0.05) is 17.3 Å². The van der Waals surface area contributed by atoms with Crippen LogP contribution in [0.25, 0.3) is 11.0 Å². The average molecular weight is 428 g/mol. The molecule has 1 fully saturated rings. The number of para-hydroxylation sites is 1. The second-order valence-corrected chi connectivity index (χ2v) is 7.91. The molecule has 162 valence electrons. The molecular formula is C24H24N6O2. The van der Waals surface area contributed by atoms with Crippen LogP contribution in [0.2, 0.25) is 0 Å². The van der Waals surface area contributed by atoms with Crippen molar-refractivity contribution < 1.29 is 9.32 Å². The molecule has 0 unspecified atom stereocenters. The summed E-state index contributed by atoms with van der Waals surface area (Å²) in [6.07, 6.45) is 2.55. The van der Waals surface area contributed by atoms with Gasteiger partial charge < -0.3 is 20.1 Å². The Morgan fingerprint density at radius 3 is 2.59 bits per heavy atom. The molecule has 2 N–H and O–H groups in total. The van der Waals surface area contributed by atoms with E-state index in [9.17, 15) is 4.79 Å². The summed E-state index contributed by atoms with van der Waals surface area (Å²) in [6, 6.07) is 17.0. The molecule has 1 saturated heterocycles. The number of aromatic nitrogens is 3. The number of amides is 1. The molecule has 4 aromatic rings. The van der Waals surface area contributed by atoms with Crippen molar-refractivity contribution in [3.8, 4) is 0 Å². The number of benzene rings is 2. The maximum absolute atomic E-state index is 12.5. The standard InChI is InChI=1S/C24H24N6O2/c1-16-25-22(15-23(26-16)30-12-4-5-13-30)27-17-8-10-18(11-9-17)28-24(31)14-20-19-6-2-3-7-21(19)32-29-20/h2-3,6-11,15H,4-5,12-14H2,1H3,(H,28,31)(H,25,26,27). The van der Waals surface area contributed by atoms with E-state index in [2.05, 4.69) is 30.7 Å². The minimum Gasteiger partial charge on any atom is -0.356 e. The number of carbonyl (C=O) groups is 1. The summed E-state index contributed by atoms with van der Waals surface area (Å²) >= 11 is 0. The molecule has 0 aliphatic carbocycles. The fourth-order valence-corrected chi connectivity index (χ4v) is 3.93. The predicted octanol–water partition coefficient (Wildman–Crippen LogP) is 4.45. The minimum atomic E-state index is -0.147. The van der Waals surface area contributed by atoms with Gasteiger partial charge in [0, 0.05) is 35.9 Å². The van der Waals surface area contributed by atoms with Crippen molar-refractivity contribution in [1.29, 1.82) is 0 Å². The van der Waals surface area contributed by atoms with Crippen molar-refractivity contribution >= 4 is 39.9 Å². The van der Waals surface area contributed by atoms with Crippen LogP contribution in [0.15, 0.2) is 59.1 Å². The maximum Gasteiger partial charge on any atom is 0.230 e. The van der Waals surface area contributed by atoms with Gasteiger partial charge in [-0.25, -0.2) is 9.97 Å². The van der Waals surface area contributed by atoms with E-state index in [1.807, 2.05) is 61.5 Å². The number of hydrogen-bond donors (Lipinski definition) is 2. The molecule has 5 rings (SSSR count). The molecule has 0 bridgehead atoms.